The Hall–Kier alpha value is -2.22. The zero-order valence-electron chi connectivity index (χ0n) is 16.3. The van der Waals surface area contributed by atoms with Gasteiger partial charge >= 0.3 is 0 Å². The van der Waals surface area contributed by atoms with Crippen LogP contribution in [0, 0.1) is 0 Å². The largest absolute Gasteiger partial charge is 0.497 e. The normalized spacial score (nSPS) is 16.0. The number of anilines is 1. The fraction of sp³-hybridized carbons (Fsp3) is 0.381. The van der Waals surface area contributed by atoms with E-state index in [0.29, 0.717) is 18.9 Å². The number of benzene rings is 2. The van der Waals surface area contributed by atoms with E-state index < -0.39 is 0 Å². The minimum atomic E-state index is -0.375. The maximum atomic E-state index is 13.1. The summed E-state index contributed by atoms with van der Waals surface area (Å²) in [6.07, 6.45) is 0.861. The smallest absolute Gasteiger partial charge is 0.244 e. The number of methoxy groups -OCH3 is 1. The van der Waals surface area contributed by atoms with Crippen molar-refractivity contribution in [3.05, 3.63) is 48.0 Å². The molecule has 1 heterocycles. The molecule has 2 aromatic rings. The Labute approximate surface area is 170 Å². The summed E-state index contributed by atoms with van der Waals surface area (Å²) in [4.78, 5) is 15.9. The molecule has 0 saturated carbocycles. The average molecular weight is 402 g/mol. The van der Waals surface area contributed by atoms with Gasteiger partial charge in [-0.15, -0.1) is 11.8 Å². The number of nitrogens with two attached hydrogens (primary N) is 1. The average Bonchev–Trinajstić information content (AvgIpc) is 2.73. The molecule has 1 amide bonds. The highest BCUT2D eigenvalue weighted by atomic mass is 32.2. The molecule has 1 unspecified atom stereocenters. The zero-order valence-corrected chi connectivity index (χ0v) is 17.1. The van der Waals surface area contributed by atoms with Gasteiger partial charge in [0.2, 0.25) is 5.91 Å². The monoisotopic (exact) mass is 401 g/mol. The van der Waals surface area contributed by atoms with E-state index >= 15 is 0 Å². The highest BCUT2D eigenvalue weighted by molar-refractivity contribution is 8.00. The van der Waals surface area contributed by atoms with Gasteiger partial charge in [0, 0.05) is 30.6 Å². The number of carbonyl (C=O) groups is 1. The summed E-state index contributed by atoms with van der Waals surface area (Å²) in [6, 6.07) is 13.6. The molecule has 1 aliphatic rings. The Morgan fingerprint density at radius 2 is 2.04 bits per heavy atom. The van der Waals surface area contributed by atoms with Crippen LogP contribution >= 0.6 is 11.8 Å². The number of fused-ring (bicyclic) bond motifs is 1. The van der Waals surface area contributed by atoms with E-state index in [2.05, 4.69) is 5.32 Å². The van der Waals surface area contributed by atoms with Crippen LogP contribution < -0.4 is 25.4 Å². The van der Waals surface area contributed by atoms with Gasteiger partial charge in [-0.2, -0.15) is 0 Å². The van der Waals surface area contributed by atoms with Crippen molar-refractivity contribution in [2.45, 2.75) is 16.6 Å². The molecule has 150 valence electrons. The van der Waals surface area contributed by atoms with Crippen molar-refractivity contribution in [2.24, 2.45) is 5.73 Å². The van der Waals surface area contributed by atoms with Crippen molar-refractivity contribution in [3.8, 4) is 11.5 Å². The van der Waals surface area contributed by atoms with Gasteiger partial charge in [-0.1, -0.05) is 12.1 Å². The van der Waals surface area contributed by atoms with Crippen molar-refractivity contribution >= 4 is 23.4 Å². The Morgan fingerprint density at radius 3 is 2.82 bits per heavy atom. The van der Waals surface area contributed by atoms with E-state index in [0.717, 1.165) is 41.4 Å². The SMILES string of the molecule is COc1ccc(OCCCNCCN)c(C2Sc3ccccc3N(C)C2=O)c1. The van der Waals surface area contributed by atoms with Gasteiger partial charge in [-0.05, 0) is 43.3 Å². The molecule has 0 aromatic heterocycles. The molecule has 0 radical (unpaired) electrons. The number of thioether (sulfide) groups is 1. The van der Waals surface area contributed by atoms with Gasteiger partial charge in [0.25, 0.3) is 0 Å². The van der Waals surface area contributed by atoms with Crippen LogP contribution in [0.4, 0.5) is 5.69 Å². The topological polar surface area (TPSA) is 76.8 Å². The first kappa shape index (κ1) is 20.5. The summed E-state index contributed by atoms with van der Waals surface area (Å²) in [5.74, 6) is 1.46. The Balaban J connectivity index is 1.80. The fourth-order valence-electron chi connectivity index (χ4n) is 3.10. The predicted molar refractivity (Wildman–Crippen MR) is 113 cm³/mol. The van der Waals surface area contributed by atoms with Crippen molar-refractivity contribution in [1.82, 2.24) is 5.32 Å². The van der Waals surface area contributed by atoms with Crippen LogP contribution in [-0.2, 0) is 4.79 Å². The van der Waals surface area contributed by atoms with Crippen molar-refractivity contribution < 1.29 is 14.3 Å². The van der Waals surface area contributed by atoms with Gasteiger partial charge in [0.1, 0.15) is 16.7 Å². The number of hydrogen-bond acceptors (Lipinski definition) is 6. The fourth-order valence-corrected chi connectivity index (χ4v) is 4.41. The second-order valence-corrected chi connectivity index (χ2v) is 7.65. The van der Waals surface area contributed by atoms with Gasteiger partial charge in [-0.25, -0.2) is 0 Å². The lowest BCUT2D eigenvalue weighted by Crippen LogP contribution is -2.33. The van der Waals surface area contributed by atoms with E-state index in [1.165, 1.54) is 0 Å². The summed E-state index contributed by atoms with van der Waals surface area (Å²) in [6.45, 7) is 2.83. The number of nitrogens with one attached hydrogen (secondary N) is 1. The van der Waals surface area contributed by atoms with Gasteiger partial charge in [0.05, 0.1) is 19.4 Å². The van der Waals surface area contributed by atoms with E-state index in [-0.39, 0.29) is 11.2 Å². The highest BCUT2D eigenvalue weighted by Gasteiger charge is 2.34. The zero-order chi connectivity index (χ0) is 19.9. The quantitative estimate of drug-likeness (QED) is 0.629. The van der Waals surface area contributed by atoms with Crippen LogP contribution in [0.2, 0.25) is 0 Å². The molecule has 3 rings (SSSR count). The van der Waals surface area contributed by atoms with Gasteiger partial charge < -0.3 is 25.4 Å². The number of carbonyl (C=O) groups excluding carboxylic acids is 1. The van der Waals surface area contributed by atoms with E-state index in [1.807, 2.05) is 49.5 Å². The molecule has 3 N–H and O–H groups in total. The third kappa shape index (κ3) is 4.60. The molecule has 28 heavy (non-hydrogen) atoms. The molecule has 1 aliphatic heterocycles. The standard InChI is InChI=1S/C21H27N3O3S/c1-24-17-6-3-4-7-19(17)28-20(21(24)25)16-14-15(26-2)8-9-18(16)27-13-5-11-23-12-10-22/h3-4,6-9,14,20,23H,5,10-13,22H2,1-2H3. The van der Waals surface area contributed by atoms with E-state index in [9.17, 15) is 4.79 Å². The van der Waals surface area contributed by atoms with Gasteiger partial charge in [-0.3, -0.25) is 4.79 Å². The Bertz CT molecular complexity index is 815. The molecule has 6 nitrogen and oxygen atoms in total. The molecule has 7 heteroatoms. The number of ether oxygens (including phenoxy) is 2. The number of para-hydroxylation sites is 1. The van der Waals surface area contributed by atoms with Crippen LogP contribution in [0.5, 0.6) is 11.5 Å². The van der Waals surface area contributed by atoms with Crippen molar-refractivity contribution in [3.63, 3.8) is 0 Å². The number of hydrogen-bond donors (Lipinski definition) is 2. The molecule has 1 atom stereocenters. The first-order valence-electron chi connectivity index (χ1n) is 9.40. The van der Waals surface area contributed by atoms with E-state index in [1.54, 1.807) is 23.8 Å². The van der Waals surface area contributed by atoms with Crippen LogP contribution in [0.15, 0.2) is 47.4 Å². The highest BCUT2D eigenvalue weighted by Crippen LogP contribution is 2.48. The predicted octanol–water partition coefficient (Wildman–Crippen LogP) is 2.82. The molecule has 0 fully saturated rings. The summed E-state index contributed by atoms with van der Waals surface area (Å²) in [5.41, 5.74) is 7.25. The lowest BCUT2D eigenvalue weighted by Gasteiger charge is -2.32. The van der Waals surface area contributed by atoms with Crippen LogP contribution in [-0.4, -0.2) is 46.3 Å². The number of nitrogens with zero attached hydrogens (tertiary/aromatic N) is 1. The van der Waals surface area contributed by atoms with Crippen LogP contribution in [0.3, 0.4) is 0 Å². The molecule has 2 aromatic carbocycles. The van der Waals surface area contributed by atoms with Gasteiger partial charge in [0.15, 0.2) is 0 Å². The minimum Gasteiger partial charge on any atom is -0.497 e. The maximum Gasteiger partial charge on any atom is 0.244 e. The van der Waals surface area contributed by atoms with Crippen LogP contribution in [0.1, 0.15) is 17.2 Å². The molecule has 0 saturated heterocycles. The second kappa shape index (κ2) is 9.82. The second-order valence-electron chi connectivity index (χ2n) is 6.51. The summed E-state index contributed by atoms with van der Waals surface area (Å²) in [7, 11) is 3.44. The van der Waals surface area contributed by atoms with Crippen molar-refractivity contribution in [2.75, 3.05) is 45.3 Å². The van der Waals surface area contributed by atoms with E-state index in [4.69, 9.17) is 15.2 Å². The minimum absolute atomic E-state index is 0.0337. The lowest BCUT2D eigenvalue weighted by atomic mass is 10.1. The summed E-state index contributed by atoms with van der Waals surface area (Å²) < 4.78 is 11.4. The summed E-state index contributed by atoms with van der Waals surface area (Å²) in [5, 5.41) is 2.88. The summed E-state index contributed by atoms with van der Waals surface area (Å²) >= 11 is 1.55. The molecule has 0 aliphatic carbocycles. The van der Waals surface area contributed by atoms with Crippen molar-refractivity contribution in [1.29, 1.82) is 0 Å². The first-order valence-corrected chi connectivity index (χ1v) is 10.3. The number of rotatable bonds is 9. The third-order valence-electron chi connectivity index (χ3n) is 4.60. The molecular weight excluding hydrogens is 374 g/mol. The number of amides is 1. The Morgan fingerprint density at radius 1 is 1.21 bits per heavy atom. The lowest BCUT2D eigenvalue weighted by molar-refractivity contribution is -0.118. The molecule has 0 spiro atoms. The maximum absolute atomic E-state index is 13.1. The molecule has 0 bridgehead atoms. The first-order chi connectivity index (χ1) is 13.7. The molecular formula is C21H27N3O3S. The number of likely N-dealkylation sites (N-methyl/N-ethyl adjacent to an activating group) is 1. The van der Waals surface area contributed by atoms with Crippen LogP contribution in [0.25, 0.3) is 0 Å². The third-order valence-corrected chi connectivity index (χ3v) is 5.89. The Kier molecular flexibility index (Phi) is 7.19.